The van der Waals surface area contributed by atoms with Crippen LogP contribution in [0.25, 0.3) is 0 Å². The first-order valence-corrected chi connectivity index (χ1v) is 8.30. The van der Waals surface area contributed by atoms with Crippen LogP contribution in [-0.4, -0.2) is 17.6 Å². The highest BCUT2D eigenvalue weighted by Crippen LogP contribution is 2.28. The molecule has 1 fully saturated rings. The van der Waals surface area contributed by atoms with E-state index in [0.717, 1.165) is 18.9 Å². The fourth-order valence-corrected chi connectivity index (χ4v) is 3.73. The van der Waals surface area contributed by atoms with E-state index in [0.29, 0.717) is 6.04 Å². The molecule has 1 N–H and O–H groups in total. The Labute approximate surface area is 115 Å². The molecule has 1 saturated carbocycles. The monoisotopic (exact) mass is 266 g/mol. The van der Waals surface area contributed by atoms with E-state index in [1.54, 1.807) is 11.3 Å². The van der Waals surface area contributed by atoms with Crippen molar-refractivity contribution in [3.05, 3.63) is 16.1 Å². The Kier molecular flexibility index (Phi) is 5.64. The predicted octanol–water partition coefficient (Wildman–Crippen LogP) is 3.94. The first-order valence-electron chi connectivity index (χ1n) is 7.42. The van der Waals surface area contributed by atoms with E-state index >= 15 is 0 Å². The van der Waals surface area contributed by atoms with Crippen molar-refractivity contribution in [1.29, 1.82) is 0 Å². The number of hydrogen-bond donors (Lipinski definition) is 1. The van der Waals surface area contributed by atoms with Crippen LogP contribution in [0, 0.1) is 12.8 Å². The number of aryl methyl sites for hydroxylation is 1. The van der Waals surface area contributed by atoms with E-state index in [2.05, 4.69) is 29.5 Å². The second-order valence-electron chi connectivity index (χ2n) is 5.56. The van der Waals surface area contributed by atoms with Gasteiger partial charge in [-0.05, 0) is 25.8 Å². The lowest BCUT2D eigenvalue weighted by Gasteiger charge is -2.26. The molecule has 0 aromatic carbocycles. The van der Waals surface area contributed by atoms with Crippen LogP contribution in [0.5, 0.6) is 0 Å². The molecule has 1 aromatic heterocycles. The first kappa shape index (κ1) is 14.0. The second kappa shape index (κ2) is 7.25. The molecule has 1 unspecified atom stereocenters. The quantitative estimate of drug-likeness (QED) is 0.843. The lowest BCUT2D eigenvalue weighted by molar-refractivity contribution is 0.298. The van der Waals surface area contributed by atoms with Crippen LogP contribution in [0.3, 0.4) is 0 Å². The lowest BCUT2D eigenvalue weighted by atomic mass is 9.84. The minimum atomic E-state index is 0.625. The predicted molar refractivity (Wildman–Crippen MR) is 79.2 cm³/mol. The summed E-state index contributed by atoms with van der Waals surface area (Å²) in [5.41, 5.74) is 1.28. The van der Waals surface area contributed by atoms with Crippen molar-refractivity contribution in [3.8, 4) is 0 Å². The fourth-order valence-electron chi connectivity index (χ4n) is 3.11. The maximum absolute atomic E-state index is 4.60. The van der Waals surface area contributed by atoms with Crippen molar-refractivity contribution in [1.82, 2.24) is 10.3 Å². The van der Waals surface area contributed by atoms with Crippen LogP contribution < -0.4 is 5.32 Å². The molecule has 3 heteroatoms. The normalized spacial score (nSPS) is 19.0. The highest BCUT2D eigenvalue weighted by molar-refractivity contribution is 7.09. The van der Waals surface area contributed by atoms with Crippen molar-refractivity contribution in [2.75, 3.05) is 6.54 Å². The van der Waals surface area contributed by atoms with Crippen LogP contribution in [0.2, 0.25) is 0 Å². The Bertz CT molecular complexity index is 342. The number of rotatable bonds is 6. The summed E-state index contributed by atoms with van der Waals surface area (Å²) in [5, 5.41) is 7.07. The zero-order chi connectivity index (χ0) is 12.8. The minimum Gasteiger partial charge on any atom is -0.314 e. The molecule has 2 rings (SSSR count). The zero-order valence-electron chi connectivity index (χ0n) is 11.7. The van der Waals surface area contributed by atoms with Crippen molar-refractivity contribution < 1.29 is 0 Å². The highest BCUT2D eigenvalue weighted by Gasteiger charge is 2.19. The molecule has 18 heavy (non-hydrogen) atoms. The molecule has 0 aliphatic heterocycles. The van der Waals surface area contributed by atoms with Crippen LogP contribution in [0.4, 0.5) is 0 Å². The van der Waals surface area contributed by atoms with Crippen molar-refractivity contribution in [2.45, 2.75) is 64.8 Å². The number of aromatic nitrogens is 1. The molecule has 0 radical (unpaired) electrons. The van der Waals surface area contributed by atoms with Gasteiger partial charge >= 0.3 is 0 Å². The molecule has 0 bridgehead atoms. The molecular formula is C15H26N2S. The molecule has 1 atom stereocenters. The first-order chi connectivity index (χ1) is 8.78. The highest BCUT2D eigenvalue weighted by atomic mass is 32.1. The maximum atomic E-state index is 4.60. The largest absolute Gasteiger partial charge is 0.314 e. The average Bonchev–Trinajstić information content (AvgIpc) is 2.76. The number of nitrogens with zero attached hydrogens (tertiary/aromatic N) is 1. The van der Waals surface area contributed by atoms with E-state index in [-0.39, 0.29) is 0 Å². The topological polar surface area (TPSA) is 24.9 Å². The fraction of sp³-hybridized carbons (Fsp3) is 0.800. The Morgan fingerprint density at radius 3 is 2.78 bits per heavy atom. The summed E-state index contributed by atoms with van der Waals surface area (Å²) in [6.07, 6.45) is 9.67. The molecule has 1 aliphatic carbocycles. The van der Waals surface area contributed by atoms with E-state index < -0.39 is 0 Å². The standard InChI is InChI=1S/C15H26N2S/c1-3-16-14(9-13-7-5-4-6-8-13)10-15-11-18-12(2)17-15/h11,13-14,16H,3-10H2,1-2H3. The van der Waals surface area contributed by atoms with E-state index in [4.69, 9.17) is 0 Å². The summed E-state index contributed by atoms with van der Waals surface area (Å²) >= 11 is 1.77. The Morgan fingerprint density at radius 1 is 1.39 bits per heavy atom. The van der Waals surface area contributed by atoms with Crippen molar-refractivity contribution >= 4 is 11.3 Å². The third-order valence-corrected chi connectivity index (χ3v) is 4.78. The van der Waals surface area contributed by atoms with Gasteiger partial charge in [0.1, 0.15) is 0 Å². The summed E-state index contributed by atoms with van der Waals surface area (Å²) in [6.45, 7) is 5.37. The van der Waals surface area contributed by atoms with Gasteiger partial charge in [-0.2, -0.15) is 0 Å². The van der Waals surface area contributed by atoms with Gasteiger partial charge in [0.25, 0.3) is 0 Å². The minimum absolute atomic E-state index is 0.625. The zero-order valence-corrected chi connectivity index (χ0v) is 12.6. The number of thiazole rings is 1. The molecule has 1 heterocycles. The second-order valence-corrected chi connectivity index (χ2v) is 6.62. The van der Waals surface area contributed by atoms with Gasteiger partial charge in [-0.15, -0.1) is 11.3 Å². The molecular weight excluding hydrogens is 240 g/mol. The number of nitrogens with one attached hydrogen (secondary N) is 1. The van der Waals surface area contributed by atoms with E-state index in [1.165, 1.54) is 49.2 Å². The summed E-state index contributed by atoms with van der Waals surface area (Å²) < 4.78 is 0. The van der Waals surface area contributed by atoms with Gasteiger partial charge in [0, 0.05) is 17.8 Å². The number of hydrogen-bond acceptors (Lipinski definition) is 3. The smallest absolute Gasteiger partial charge is 0.0897 e. The van der Waals surface area contributed by atoms with Crippen LogP contribution in [0.1, 0.15) is 56.2 Å². The van der Waals surface area contributed by atoms with Crippen LogP contribution >= 0.6 is 11.3 Å². The molecule has 1 aromatic rings. The van der Waals surface area contributed by atoms with Gasteiger partial charge in [0.15, 0.2) is 0 Å². The molecule has 0 amide bonds. The summed E-state index contributed by atoms with van der Waals surface area (Å²) in [7, 11) is 0. The SMILES string of the molecule is CCNC(Cc1csc(C)n1)CC1CCCCC1. The lowest BCUT2D eigenvalue weighted by Crippen LogP contribution is -2.33. The number of likely N-dealkylation sites (N-methyl/N-ethyl adjacent to an activating group) is 1. The Morgan fingerprint density at radius 2 is 2.17 bits per heavy atom. The Hall–Kier alpha value is -0.410. The summed E-state index contributed by atoms with van der Waals surface area (Å²) in [5.74, 6) is 0.947. The van der Waals surface area contributed by atoms with Gasteiger partial charge in [-0.1, -0.05) is 39.0 Å². The average molecular weight is 266 g/mol. The van der Waals surface area contributed by atoms with Crippen LogP contribution in [0.15, 0.2) is 5.38 Å². The van der Waals surface area contributed by atoms with Gasteiger partial charge in [0.2, 0.25) is 0 Å². The third kappa shape index (κ3) is 4.36. The third-order valence-electron chi connectivity index (χ3n) is 3.96. The molecule has 1 aliphatic rings. The van der Waals surface area contributed by atoms with Gasteiger partial charge in [0.05, 0.1) is 10.7 Å². The maximum Gasteiger partial charge on any atom is 0.0897 e. The van der Waals surface area contributed by atoms with Gasteiger partial charge in [-0.3, -0.25) is 0 Å². The molecule has 102 valence electrons. The summed E-state index contributed by atoms with van der Waals surface area (Å²) in [4.78, 5) is 4.60. The molecule has 0 spiro atoms. The Balaban J connectivity index is 1.86. The van der Waals surface area contributed by atoms with Crippen molar-refractivity contribution in [2.24, 2.45) is 5.92 Å². The van der Waals surface area contributed by atoms with E-state index in [1.807, 2.05) is 0 Å². The van der Waals surface area contributed by atoms with Crippen LogP contribution in [-0.2, 0) is 6.42 Å². The van der Waals surface area contributed by atoms with E-state index in [9.17, 15) is 0 Å². The van der Waals surface area contributed by atoms with Gasteiger partial charge < -0.3 is 5.32 Å². The molecule has 0 saturated heterocycles. The summed E-state index contributed by atoms with van der Waals surface area (Å²) in [6, 6.07) is 0.625. The molecule has 2 nitrogen and oxygen atoms in total. The van der Waals surface area contributed by atoms with Crippen molar-refractivity contribution in [3.63, 3.8) is 0 Å². The van der Waals surface area contributed by atoms with Gasteiger partial charge in [-0.25, -0.2) is 4.98 Å².